The Hall–Kier alpha value is -1.95. The summed E-state index contributed by atoms with van der Waals surface area (Å²) >= 11 is 12.0. The molecule has 0 aliphatic carbocycles. The zero-order chi connectivity index (χ0) is 24.1. The molecule has 2 amide bonds. The highest BCUT2D eigenvalue weighted by Gasteiger charge is 2.38. The van der Waals surface area contributed by atoms with Crippen molar-refractivity contribution in [1.29, 1.82) is 0 Å². The number of carbonyl (C=O) groups is 2. The number of halogens is 5. The van der Waals surface area contributed by atoms with Gasteiger partial charge in [0.25, 0.3) is 0 Å². The number of urea groups is 1. The molecule has 1 atom stereocenters. The second kappa shape index (κ2) is 11.3. The van der Waals surface area contributed by atoms with Gasteiger partial charge in [-0.2, -0.15) is 13.2 Å². The van der Waals surface area contributed by atoms with Gasteiger partial charge in [-0.25, -0.2) is 9.59 Å². The average molecular weight is 501 g/mol. The molecule has 13 heteroatoms. The van der Waals surface area contributed by atoms with Crippen LogP contribution < -0.4 is 11.1 Å². The van der Waals surface area contributed by atoms with Crippen LogP contribution in [0.4, 0.5) is 18.0 Å². The molecule has 0 aromatic heterocycles. The maximum atomic E-state index is 12.6. The van der Waals surface area contributed by atoms with Crippen molar-refractivity contribution in [1.82, 2.24) is 15.1 Å². The van der Waals surface area contributed by atoms with E-state index in [1.807, 2.05) is 9.80 Å². The largest absolute Gasteiger partial charge is 0.508 e. The number of amides is 2. The Morgan fingerprint density at radius 3 is 2.03 bits per heavy atom. The van der Waals surface area contributed by atoms with E-state index < -0.39 is 12.1 Å². The summed E-state index contributed by atoms with van der Waals surface area (Å²) in [4.78, 5) is 25.3. The summed E-state index contributed by atoms with van der Waals surface area (Å²) in [5, 5.41) is 21.2. The number of carbonyl (C=O) groups excluding carboxylic acids is 1. The first kappa shape index (κ1) is 26.3. The van der Waals surface area contributed by atoms with Gasteiger partial charge in [0.1, 0.15) is 5.75 Å². The minimum absolute atomic E-state index is 0.0706. The molecule has 2 aliphatic heterocycles. The highest BCUT2D eigenvalue weighted by Crippen LogP contribution is 2.37. The number of carboxylic acid groups (broad SMARTS) is 1. The summed E-state index contributed by atoms with van der Waals surface area (Å²) in [6.07, 6.45) is -3.47. The van der Waals surface area contributed by atoms with Crippen molar-refractivity contribution in [3.8, 4) is 5.75 Å². The third kappa shape index (κ3) is 7.03. The van der Waals surface area contributed by atoms with Gasteiger partial charge in [0, 0.05) is 56.9 Å². The molecule has 0 saturated carbocycles. The molecule has 5 N–H and O–H groups in total. The van der Waals surface area contributed by atoms with Gasteiger partial charge in [-0.3, -0.25) is 0 Å². The van der Waals surface area contributed by atoms with Gasteiger partial charge < -0.3 is 31.1 Å². The van der Waals surface area contributed by atoms with Gasteiger partial charge >= 0.3 is 18.2 Å². The van der Waals surface area contributed by atoms with Crippen LogP contribution in [0.2, 0.25) is 10.0 Å². The molecule has 0 bridgehead atoms. The number of alkyl halides is 3. The number of nitrogens with two attached hydrogens (primary N) is 1. The lowest BCUT2D eigenvalue weighted by atomic mass is 9.85. The molecule has 1 unspecified atom stereocenters. The number of phenols is 1. The first-order chi connectivity index (χ1) is 14.9. The average Bonchev–Trinajstić information content (AvgIpc) is 2.76. The lowest BCUT2D eigenvalue weighted by molar-refractivity contribution is -0.192. The lowest BCUT2D eigenvalue weighted by Crippen LogP contribution is -2.53. The summed E-state index contributed by atoms with van der Waals surface area (Å²) in [7, 11) is 0. The lowest BCUT2D eigenvalue weighted by Gasteiger charge is -2.38. The summed E-state index contributed by atoms with van der Waals surface area (Å²) in [5.41, 5.74) is 6.98. The maximum Gasteiger partial charge on any atom is 0.490 e. The van der Waals surface area contributed by atoms with E-state index in [0.29, 0.717) is 28.7 Å². The molecule has 8 nitrogen and oxygen atoms in total. The first-order valence-electron chi connectivity index (χ1n) is 9.90. The summed E-state index contributed by atoms with van der Waals surface area (Å²) in [6.45, 7) is 4.59. The smallest absolute Gasteiger partial charge is 0.490 e. The number of hydrogen-bond donors (Lipinski definition) is 4. The number of piperazine rings is 1. The Labute approximate surface area is 193 Å². The number of nitrogens with one attached hydrogen (secondary N) is 1. The number of likely N-dealkylation sites (tertiary alicyclic amines) is 1. The second-order valence-corrected chi connectivity index (χ2v) is 8.31. The van der Waals surface area contributed by atoms with E-state index in [9.17, 15) is 23.1 Å². The van der Waals surface area contributed by atoms with Crippen molar-refractivity contribution in [2.75, 3.05) is 39.3 Å². The molecule has 3 rings (SSSR count). The highest BCUT2D eigenvalue weighted by atomic mass is 35.5. The van der Waals surface area contributed by atoms with Gasteiger partial charge in [-0.05, 0) is 24.8 Å². The van der Waals surface area contributed by atoms with E-state index >= 15 is 0 Å². The van der Waals surface area contributed by atoms with E-state index in [1.165, 1.54) is 6.07 Å². The normalized spacial score (nSPS) is 18.6. The van der Waals surface area contributed by atoms with Crippen molar-refractivity contribution >= 4 is 35.2 Å². The minimum Gasteiger partial charge on any atom is -0.508 e. The van der Waals surface area contributed by atoms with E-state index in [2.05, 4.69) is 5.32 Å². The van der Waals surface area contributed by atoms with Crippen LogP contribution in [0.25, 0.3) is 0 Å². The van der Waals surface area contributed by atoms with Gasteiger partial charge in [-0.15, -0.1) is 0 Å². The number of carboxylic acids is 1. The van der Waals surface area contributed by atoms with E-state index in [-0.39, 0.29) is 23.7 Å². The van der Waals surface area contributed by atoms with Gasteiger partial charge in [0.15, 0.2) is 0 Å². The fraction of sp³-hybridized carbons (Fsp3) is 0.579. The zero-order valence-electron chi connectivity index (χ0n) is 17.0. The number of piperidine rings is 1. The molecule has 1 aromatic rings. The van der Waals surface area contributed by atoms with Crippen LogP contribution in [-0.2, 0) is 4.79 Å². The molecule has 180 valence electrons. The number of aliphatic carboxylic acids is 1. The Kier molecular flexibility index (Phi) is 9.26. The second-order valence-electron chi connectivity index (χ2n) is 7.50. The van der Waals surface area contributed by atoms with Crippen LogP contribution in [0, 0.1) is 5.92 Å². The Balaban J connectivity index is 0.000000451. The molecule has 0 radical (unpaired) electrons. The molecule has 1 aromatic carbocycles. The van der Waals surface area contributed by atoms with E-state index in [1.54, 1.807) is 6.07 Å². The molecule has 0 spiro atoms. The highest BCUT2D eigenvalue weighted by molar-refractivity contribution is 6.42. The van der Waals surface area contributed by atoms with Crippen LogP contribution in [0.1, 0.15) is 24.4 Å². The molecule has 2 saturated heterocycles. The first-order valence-corrected chi connectivity index (χ1v) is 10.7. The third-order valence-corrected chi connectivity index (χ3v) is 6.10. The number of benzene rings is 1. The van der Waals surface area contributed by atoms with Crippen molar-refractivity contribution in [3.63, 3.8) is 0 Å². The van der Waals surface area contributed by atoms with Gasteiger partial charge in [0.2, 0.25) is 0 Å². The van der Waals surface area contributed by atoms with Crippen molar-refractivity contribution in [2.45, 2.75) is 25.1 Å². The van der Waals surface area contributed by atoms with Gasteiger partial charge in [0.05, 0.1) is 10.0 Å². The molecular formula is C19H25Cl2F3N4O4. The van der Waals surface area contributed by atoms with Crippen LogP contribution in [0.5, 0.6) is 5.75 Å². The third-order valence-electron chi connectivity index (χ3n) is 5.38. The fourth-order valence-corrected chi connectivity index (χ4v) is 3.91. The fourth-order valence-electron chi connectivity index (χ4n) is 3.58. The zero-order valence-corrected chi connectivity index (χ0v) is 18.6. The van der Waals surface area contributed by atoms with Crippen molar-refractivity contribution < 1.29 is 33.0 Å². The van der Waals surface area contributed by atoms with Crippen LogP contribution in [-0.4, -0.2) is 77.5 Å². The molecule has 32 heavy (non-hydrogen) atoms. The van der Waals surface area contributed by atoms with Gasteiger partial charge in [-0.1, -0.05) is 23.2 Å². The van der Waals surface area contributed by atoms with Crippen LogP contribution >= 0.6 is 23.2 Å². The van der Waals surface area contributed by atoms with Crippen molar-refractivity contribution in [2.24, 2.45) is 11.7 Å². The Morgan fingerprint density at radius 2 is 1.53 bits per heavy atom. The minimum atomic E-state index is -5.08. The summed E-state index contributed by atoms with van der Waals surface area (Å²) in [5.74, 6) is -2.50. The Morgan fingerprint density at radius 1 is 1.06 bits per heavy atom. The van der Waals surface area contributed by atoms with E-state index in [4.69, 9.17) is 38.8 Å². The maximum absolute atomic E-state index is 12.6. The molecular weight excluding hydrogens is 476 g/mol. The number of hydrogen-bond acceptors (Lipinski definition) is 5. The molecule has 2 fully saturated rings. The van der Waals surface area contributed by atoms with Crippen LogP contribution in [0.3, 0.4) is 0 Å². The summed E-state index contributed by atoms with van der Waals surface area (Å²) in [6, 6.07) is 2.86. The predicted octanol–water partition coefficient (Wildman–Crippen LogP) is 3.07. The number of phenolic OH excluding ortho intramolecular Hbond substituents is 1. The van der Waals surface area contributed by atoms with Crippen molar-refractivity contribution in [3.05, 3.63) is 27.7 Å². The standard InChI is InChI=1S/C17H24Cl2N4O2.C2HF3O2/c18-13-9-12(15(24)10-14(13)19)16(20)11-1-5-22(6-2-11)17(25)23-7-3-21-4-8-23;3-2(4,5)1(6)7/h9-11,16,21,24H,1-8,20H2;(H,6,7). The quantitative estimate of drug-likeness (QED) is 0.495. The monoisotopic (exact) mass is 500 g/mol. The number of rotatable bonds is 2. The van der Waals surface area contributed by atoms with E-state index in [0.717, 1.165) is 39.0 Å². The molecule has 2 aliphatic rings. The number of nitrogens with zero attached hydrogens (tertiary/aromatic N) is 2. The summed E-state index contributed by atoms with van der Waals surface area (Å²) < 4.78 is 31.7. The predicted molar refractivity (Wildman–Crippen MR) is 113 cm³/mol. The molecule has 2 heterocycles. The number of aromatic hydroxyl groups is 1. The topological polar surface area (TPSA) is 119 Å². The SMILES string of the molecule is NC(c1cc(Cl)c(Cl)cc1O)C1CCN(C(=O)N2CCNCC2)CC1.O=C(O)C(F)(F)F. The Bertz CT molecular complexity index is 814. The van der Waals surface area contributed by atoms with Crippen LogP contribution in [0.15, 0.2) is 12.1 Å².